The van der Waals surface area contributed by atoms with Crippen molar-refractivity contribution in [2.24, 2.45) is 5.73 Å². The zero-order valence-corrected chi connectivity index (χ0v) is 18.7. The maximum absolute atomic E-state index is 13.3. The zero-order valence-electron chi connectivity index (χ0n) is 18.7. The maximum atomic E-state index is 13.3. The lowest BCUT2D eigenvalue weighted by Gasteiger charge is -2.23. The van der Waals surface area contributed by atoms with Gasteiger partial charge in [0.1, 0.15) is 24.7 Å². The highest BCUT2D eigenvalue weighted by atomic mass is 16.4. The summed E-state index contributed by atoms with van der Waals surface area (Å²) in [6.07, 6.45) is 4.65. The predicted octanol–water partition coefficient (Wildman–Crippen LogP) is -1.83. The first-order valence-corrected chi connectivity index (χ1v) is 10.8. The molecule has 0 saturated heterocycles. The Morgan fingerprint density at radius 3 is 2.40 bits per heavy atom. The van der Waals surface area contributed by atoms with Crippen molar-refractivity contribution in [2.45, 2.75) is 31.0 Å². The van der Waals surface area contributed by atoms with Gasteiger partial charge in [0.25, 0.3) is 0 Å². The van der Waals surface area contributed by atoms with Crippen molar-refractivity contribution >= 4 is 34.6 Å². The molecular formula is C22H27N7O6. The maximum Gasteiger partial charge on any atom is 0.322 e. The number of rotatable bonds is 12. The number of nitrogens with zero attached hydrogens (tertiary/aromatic N) is 1. The van der Waals surface area contributed by atoms with E-state index in [2.05, 4.69) is 30.9 Å². The summed E-state index contributed by atoms with van der Waals surface area (Å²) in [5.41, 5.74) is 7.71. The molecule has 13 heteroatoms. The lowest BCUT2D eigenvalue weighted by Crippen LogP contribution is -2.57. The number of carbonyl (C=O) groups is 4. The molecule has 9 N–H and O–H groups in total. The summed E-state index contributed by atoms with van der Waals surface area (Å²) >= 11 is 0. The quantitative estimate of drug-likeness (QED) is 0.146. The number of imidazole rings is 1. The third-order valence-corrected chi connectivity index (χ3v) is 5.29. The second-order valence-electron chi connectivity index (χ2n) is 7.87. The van der Waals surface area contributed by atoms with Crippen LogP contribution in [0.5, 0.6) is 0 Å². The number of nitrogens with one attached hydrogen (secondary N) is 5. The number of aromatic amines is 2. The SMILES string of the molecule is NC(CO)C(=O)NC(Cc1c[nH]c2ccccc12)C(=O)NC(Cc1cnc[nH]1)C(=O)NCC(=O)O. The molecule has 3 aromatic rings. The normalized spacial score (nSPS) is 13.5. The standard InChI is InChI=1S/C22H27N7O6/c23-15(10-30)20(33)28-17(5-12-7-25-16-4-2-1-3-14(12)16)22(35)29-18(6-13-8-24-11-27-13)21(34)26-9-19(31)32/h1-4,7-8,11,15,17-18,25,30H,5-6,9-10,23H2,(H,24,27)(H,26,34)(H,28,33)(H,29,35)(H,31,32). The second-order valence-corrected chi connectivity index (χ2v) is 7.87. The van der Waals surface area contributed by atoms with Crippen LogP contribution < -0.4 is 21.7 Å². The average molecular weight is 486 g/mol. The lowest BCUT2D eigenvalue weighted by atomic mass is 10.0. The molecule has 0 bridgehead atoms. The molecular weight excluding hydrogens is 458 g/mol. The molecule has 2 heterocycles. The van der Waals surface area contributed by atoms with E-state index in [4.69, 9.17) is 10.8 Å². The number of hydrogen-bond donors (Lipinski definition) is 8. The first-order chi connectivity index (χ1) is 16.8. The predicted molar refractivity (Wildman–Crippen MR) is 124 cm³/mol. The number of aliphatic carboxylic acids is 1. The van der Waals surface area contributed by atoms with Gasteiger partial charge in [-0.15, -0.1) is 0 Å². The summed E-state index contributed by atoms with van der Waals surface area (Å²) in [7, 11) is 0. The van der Waals surface area contributed by atoms with Gasteiger partial charge in [-0.25, -0.2) is 4.98 Å². The summed E-state index contributed by atoms with van der Waals surface area (Å²) in [5.74, 6) is -3.40. The molecule has 13 nitrogen and oxygen atoms in total. The number of carbonyl (C=O) groups excluding carboxylic acids is 3. The van der Waals surface area contributed by atoms with Crippen molar-refractivity contribution in [1.82, 2.24) is 30.9 Å². The highest BCUT2D eigenvalue weighted by molar-refractivity contribution is 5.94. The number of aliphatic hydroxyl groups is 1. The van der Waals surface area contributed by atoms with Gasteiger partial charge in [-0.05, 0) is 11.6 Å². The smallest absolute Gasteiger partial charge is 0.322 e. The number of benzene rings is 1. The molecule has 1 aromatic carbocycles. The Balaban J connectivity index is 1.83. The Morgan fingerprint density at radius 1 is 1.00 bits per heavy atom. The van der Waals surface area contributed by atoms with E-state index in [0.29, 0.717) is 5.69 Å². The van der Waals surface area contributed by atoms with Crippen molar-refractivity contribution in [2.75, 3.05) is 13.2 Å². The molecule has 0 fully saturated rings. The molecule has 186 valence electrons. The number of H-pyrrole nitrogens is 2. The number of aliphatic hydroxyl groups excluding tert-OH is 1. The van der Waals surface area contributed by atoms with Crippen molar-refractivity contribution in [3.8, 4) is 0 Å². The van der Waals surface area contributed by atoms with Crippen molar-refractivity contribution < 1.29 is 29.4 Å². The largest absolute Gasteiger partial charge is 0.480 e. The van der Waals surface area contributed by atoms with Gasteiger partial charge in [-0.3, -0.25) is 19.2 Å². The minimum Gasteiger partial charge on any atom is -0.480 e. The third kappa shape index (κ3) is 6.88. The van der Waals surface area contributed by atoms with Crippen LogP contribution in [-0.4, -0.2) is 80.1 Å². The topological polar surface area (TPSA) is 215 Å². The number of amides is 3. The summed E-state index contributed by atoms with van der Waals surface area (Å²) in [6.45, 7) is -1.25. The molecule has 0 aliphatic heterocycles. The van der Waals surface area contributed by atoms with Gasteiger partial charge in [0.2, 0.25) is 17.7 Å². The van der Waals surface area contributed by atoms with E-state index in [0.717, 1.165) is 16.5 Å². The molecule has 0 radical (unpaired) electrons. The highest BCUT2D eigenvalue weighted by Gasteiger charge is 2.29. The number of nitrogens with two attached hydrogens (primary N) is 1. The summed E-state index contributed by atoms with van der Waals surface area (Å²) < 4.78 is 0. The molecule has 0 aliphatic rings. The van der Waals surface area contributed by atoms with Crippen LogP contribution in [-0.2, 0) is 32.0 Å². The fourth-order valence-corrected chi connectivity index (χ4v) is 3.48. The molecule has 0 aliphatic carbocycles. The number of aromatic nitrogens is 3. The average Bonchev–Trinajstić information content (AvgIpc) is 3.51. The Kier molecular flexibility index (Phi) is 8.53. The number of para-hydroxylation sites is 1. The van der Waals surface area contributed by atoms with Gasteiger partial charge in [-0.2, -0.15) is 0 Å². The number of fused-ring (bicyclic) bond motifs is 1. The van der Waals surface area contributed by atoms with Crippen LogP contribution in [0.2, 0.25) is 0 Å². The fraction of sp³-hybridized carbons (Fsp3) is 0.318. The van der Waals surface area contributed by atoms with E-state index in [-0.39, 0.29) is 12.8 Å². The van der Waals surface area contributed by atoms with Crippen LogP contribution in [0.4, 0.5) is 0 Å². The van der Waals surface area contributed by atoms with Crippen LogP contribution in [0, 0.1) is 0 Å². The molecule has 3 amide bonds. The van der Waals surface area contributed by atoms with Crippen molar-refractivity contribution in [3.63, 3.8) is 0 Å². The van der Waals surface area contributed by atoms with Gasteiger partial charge >= 0.3 is 5.97 Å². The molecule has 0 spiro atoms. The van der Waals surface area contributed by atoms with Crippen LogP contribution in [0.1, 0.15) is 11.3 Å². The van der Waals surface area contributed by atoms with Crippen LogP contribution in [0.3, 0.4) is 0 Å². The van der Waals surface area contributed by atoms with E-state index in [1.165, 1.54) is 12.5 Å². The van der Waals surface area contributed by atoms with E-state index in [9.17, 15) is 24.3 Å². The van der Waals surface area contributed by atoms with Crippen LogP contribution in [0.25, 0.3) is 10.9 Å². The fourth-order valence-electron chi connectivity index (χ4n) is 3.48. The van der Waals surface area contributed by atoms with Gasteiger partial charge in [0, 0.05) is 41.8 Å². The lowest BCUT2D eigenvalue weighted by molar-refractivity contribution is -0.138. The molecule has 3 rings (SSSR count). The first-order valence-electron chi connectivity index (χ1n) is 10.8. The second kappa shape index (κ2) is 11.8. The minimum absolute atomic E-state index is 0.00109. The highest BCUT2D eigenvalue weighted by Crippen LogP contribution is 2.19. The summed E-state index contributed by atoms with van der Waals surface area (Å²) in [5, 5.41) is 26.3. The summed E-state index contributed by atoms with van der Waals surface area (Å²) in [6, 6.07) is 3.87. The third-order valence-electron chi connectivity index (χ3n) is 5.29. The van der Waals surface area contributed by atoms with Crippen LogP contribution >= 0.6 is 0 Å². The number of carboxylic acids is 1. The number of hydrogen-bond acceptors (Lipinski definition) is 7. The molecule has 3 atom stereocenters. The van der Waals surface area contributed by atoms with Gasteiger partial charge in [-0.1, -0.05) is 18.2 Å². The van der Waals surface area contributed by atoms with Gasteiger partial charge in [0.15, 0.2) is 0 Å². The minimum atomic E-state index is -1.24. The Bertz CT molecular complexity index is 1180. The van der Waals surface area contributed by atoms with Gasteiger partial charge in [0.05, 0.1) is 12.9 Å². The molecule has 35 heavy (non-hydrogen) atoms. The Hall–Kier alpha value is -4.23. The molecule has 0 saturated carbocycles. The van der Waals surface area contributed by atoms with Crippen LogP contribution in [0.15, 0.2) is 43.0 Å². The van der Waals surface area contributed by atoms with Crippen molar-refractivity contribution in [1.29, 1.82) is 0 Å². The van der Waals surface area contributed by atoms with Crippen molar-refractivity contribution in [3.05, 3.63) is 54.2 Å². The van der Waals surface area contributed by atoms with E-state index >= 15 is 0 Å². The Labute approximate surface area is 199 Å². The summed E-state index contributed by atoms with van der Waals surface area (Å²) in [4.78, 5) is 59.0. The molecule has 2 aromatic heterocycles. The van der Waals surface area contributed by atoms with E-state index < -0.39 is 55.0 Å². The zero-order chi connectivity index (χ0) is 25.4. The molecule has 3 unspecified atom stereocenters. The van der Waals surface area contributed by atoms with E-state index in [1.54, 1.807) is 6.20 Å². The Morgan fingerprint density at radius 2 is 1.71 bits per heavy atom. The first kappa shape index (κ1) is 25.4. The monoisotopic (exact) mass is 485 g/mol. The van der Waals surface area contributed by atoms with Gasteiger partial charge < -0.3 is 41.9 Å². The van der Waals surface area contributed by atoms with E-state index in [1.807, 2.05) is 24.3 Å². The number of carboxylic acid groups (broad SMARTS) is 1.